The van der Waals surface area contributed by atoms with Crippen molar-refractivity contribution in [2.24, 2.45) is 0 Å². The molecule has 1 amide bonds. The zero-order valence-electron chi connectivity index (χ0n) is 21.5. The Balaban J connectivity index is 1.35. The lowest BCUT2D eigenvalue weighted by atomic mass is 9.69. The molecule has 0 aromatic heterocycles. The molecule has 0 saturated carbocycles. The quantitative estimate of drug-likeness (QED) is 0.473. The summed E-state index contributed by atoms with van der Waals surface area (Å²) in [6.45, 7) is 8.60. The number of rotatable bonds is 3. The molecular formula is C31H36N2O3. The summed E-state index contributed by atoms with van der Waals surface area (Å²) in [5.74, 6) is 0.979. The summed E-state index contributed by atoms with van der Waals surface area (Å²) in [5.41, 5.74) is 5.93. The standard InChI is InChI=1S/C31H36N2O3/c1-31(2,3)36-30(35)33-19-17-32(18-20-33)25-12-9-23(10-13-25)29-27(22-7-5-4-6-8-22)15-11-24-21-26(34)14-16-28(24)29/h4-10,12-14,16,21,27,29,34H,11,15,17-20H2,1-3H3/t27-,29+/m1/s1. The molecule has 1 saturated heterocycles. The summed E-state index contributed by atoms with van der Waals surface area (Å²) in [6, 6.07) is 25.6. The number of aromatic hydroxyl groups is 1. The van der Waals surface area contributed by atoms with Crippen LogP contribution >= 0.6 is 0 Å². The summed E-state index contributed by atoms with van der Waals surface area (Å²) in [5, 5.41) is 10.1. The van der Waals surface area contributed by atoms with Crippen LogP contribution in [0.25, 0.3) is 0 Å². The van der Waals surface area contributed by atoms with Gasteiger partial charge in [0, 0.05) is 37.8 Å². The average Bonchev–Trinajstić information content (AvgIpc) is 2.87. The van der Waals surface area contributed by atoms with E-state index in [2.05, 4.69) is 65.6 Å². The summed E-state index contributed by atoms with van der Waals surface area (Å²) in [6.07, 6.45) is 1.80. The molecule has 1 fully saturated rings. The van der Waals surface area contributed by atoms with E-state index in [9.17, 15) is 9.90 Å². The summed E-state index contributed by atoms with van der Waals surface area (Å²) < 4.78 is 5.54. The van der Waals surface area contributed by atoms with Crippen molar-refractivity contribution in [2.75, 3.05) is 31.1 Å². The van der Waals surface area contributed by atoms with Crippen LogP contribution in [0.4, 0.5) is 10.5 Å². The van der Waals surface area contributed by atoms with E-state index in [-0.39, 0.29) is 12.0 Å². The van der Waals surface area contributed by atoms with Crippen LogP contribution in [0.3, 0.4) is 0 Å². The van der Waals surface area contributed by atoms with Crippen LogP contribution < -0.4 is 4.90 Å². The Labute approximate surface area is 214 Å². The number of phenolic OH excluding ortho intramolecular Hbond substituents is 1. The highest BCUT2D eigenvalue weighted by molar-refractivity contribution is 5.68. The number of hydrogen-bond acceptors (Lipinski definition) is 4. The molecule has 3 aromatic rings. The van der Waals surface area contributed by atoms with Gasteiger partial charge in [0.25, 0.3) is 0 Å². The third-order valence-corrected chi connectivity index (χ3v) is 7.37. The molecule has 1 aliphatic heterocycles. The van der Waals surface area contributed by atoms with E-state index in [4.69, 9.17) is 4.74 Å². The fourth-order valence-corrected chi connectivity index (χ4v) is 5.64. The van der Waals surface area contributed by atoms with Gasteiger partial charge in [-0.1, -0.05) is 48.5 Å². The fourth-order valence-electron chi connectivity index (χ4n) is 5.64. The Morgan fingerprint density at radius 1 is 0.889 bits per heavy atom. The van der Waals surface area contributed by atoms with Crippen molar-refractivity contribution in [2.45, 2.75) is 51.0 Å². The van der Waals surface area contributed by atoms with E-state index in [0.29, 0.717) is 24.8 Å². The van der Waals surface area contributed by atoms with Crippen LogP contribution in [0.2, 0.25) is 0 Å². The van der Waals surface area contributed by atoms with Gasteiger partial charge in [0.1, 0.15) is 11.4 Å². The molecule has 188 valence electrons. The predicted octanol–water partition coefficient (Wildman–Crippen LogP) is 6.31. The maximum Gasteiger partial charge on any atom is 0.410 e. The number of ether oxygens (including phenoxy) is 1. The summed E-state index contributed by atoms with van der Waals surface area (Å²) >= 11 is 0. The number of fused-ring (bicyclic) bond motifs is 1. The topological polar surface area (TPSA) is 53.0 Å². The molecule has 5 nitrogen and oxygen atoms in total. The fraction of sp³-hybridized carbons (Fsp3) is 0.387. The van der Waals surface area contributed by atoms with Gasteiger partial charge in [-0.25, -0.2) is 4.79 Å². The Kier molecular flexibility index (Phi) is 6.65. The number of phenols is 1. The summed E-state index contributed by atoms with van der Waals surface area (Å²) in [4.78, 5) is 16.6. The maximum atomic E-state index is 12.4. The van der Waals surface area contributed by atoms with Gasteiger partial charge in [-0.3, -0.25) is 0 Å². The SMILES string of the molecule is CC(C)(C)OC(=O)N1CCN(c2ccc([C@@H]3c4ccc(O)cc4CC[C@@H]3c3ccccc3)cc2)CC1. The zero-order valence-corrected chi connectivity index (χ0v) is 21.5. The van der Waals surface area contributed by atoms with E-state index >= 15 is 0 Å². The largest absolute Gasteiger partial charge is 0.508 e. The van der Waals surface area contributed by atoms with E-state index < -0.39 is 5.60 Å². The van der Waals surface area contributed by atoms with Gasteiger partial charge in [-0.2, -0.15) is 0 Å². The second kappa shape index (κ2) is 9.88. The zero-order chi connectivity index (χ0) is 25.3. The maximum absolute atomic E-state index is 12.4. The molecule has 3 aromatic carbocycles. The number of carbonyl (C=O) groups is 1. The van der Waals surface area contributed by atoms with Crippen molar-refractivity contribution < 1.29 is 14.6 Å². The molecule has 0 unspecified atom stereocenters. The van der Waals surface area contributed by atoms with Crippen molar-refractivity contribution in [3.8, 4) is 5.75 Å². The first-order valence-electron chi connectivity index (χ1n) is 13.0. The molecule has 0 radical (unpaired) electrons. The van der Waals surface area contributed by atoms with Crippen LogP contribution in [0.1, 0.15) is 61.3 Å². The lowest BCUT2D eigenvalue weighted by Crippen LogP contribution is -2.50. The number of amides is 1. The number of nitrogens with zero attached hydrogens (tertiary/aromatic N) is 2. The van der Waals surface area contributed by atoms with E-state index in [1.165, 1.54) is 27.9 Å². The monoisotopic (exact) mass is 484 g/mol. The van der Waals surface area contributed by atoms with Crippen LogP contribution in [-0.4, -0.2) is 47.9 Å². The lowest BCUT2D eigenvalue weighted by Gasteiger charge is -2.37. The third kappa shape index (κ3) is 5.20. The van der Waals surface area contributed by atoms with Crippen molar-refractivity contribution in [3.05, 3.63) is 95.1 Å². The molecule has 0 bridgehead atoms. The Morgan fingerprint density at radius 3 is 2.25 bits per heavy atom. The Morgan fingerprint density at radius 2 is 1.58 bits per heavy atom. The minimum Gasteiger partial charge on any atom is -0.508 e. The van der Waals surface area contributed by atoms with Gasteiger partial charge in [0.05, 0.1) is 0 Å². The van der Waals surface area contributed by atoms with Crippen molar-refractivity contribution in [1.29, 1.82) is 0 Å². The highest BCUT2D eigenvalue weighted by Gasteiger charge is 2.32. The normalized spacial score (nSPS) is 20.1. The number of carbonyl (C=O) groups excluding carboxylic acids is 1. The van der Waals surface area contributed by atoms with E-state index in [1.54, 1.807) is 4.90 Å². The molecule has 36 heavy (non-hydrogen) atoms. The molecule has 2 aliphatic rings. The van der Waals surface area contributed by atoms with Crippen molar-refractivity contribution in [3.63, 3.8) is 0 Å². The van der Waals surface area contributed by atoms with Gasteiger partial charge in [0.15, 0.2) is 0 Å². The number of hydrogen-bond donors (Lipinski definition) is 1. The molecule has 1 heterocycles. The molecule has 5 rings (SSSR count). The van der Waals surface area contributed by atoms with Gasteiger partial charge in [0.2, 0.25) is 0 Å². The third-order valence-electron chi connectivity index (χ3n) is 7.37. The summed E-state index contributed by atoms with van der Waals surface area (Å²) in [7, 11) is 0. The minimum absolute atomic E-state index is 0.230. The first-order valence-corrected chi connectivity index (χ1v) is 13.0. The van der Waals surface area contributed by atoms with E-state index in [1.807, 2.05) is 32.9 Å². The van der Waals surface area contributed by atoms with E-state index in [0.717, 1.165) is 25.9 Å². The second-order valence-corrected chi connectivity index (χ2v) is 11.0. The Hall–Kier alpha value is -3.47. The highest BCUT2D eigenvalue weighted by Crippen LogP contribution is 2.47. The minimum atomic E-state index is -0.474. The molecule has 2 atom stereocenters. The molecule has 5 heteroatoms. The Bertz CT molecular complexity index is 1190. The van der Waals surface area contributed by atoms with Crippen molar-refractivity contribution >= 4 is 11.8 Å². The van der Waals surface area contributed by atoms with Crippen LogP contribution in [-0.2, 0) is 11.2 Å². The first kappa shape index (κ1) is 24.2. The molecule has 1 aliphatic carbocycles. The number of aryl methyl sites for hydroxylation is 1. The van der Waals surface area contributed by atoms with Gasteiger partial charge in [-0.05, 0) is 86.1 Å². The predicted molar refractivity (Wildman–Crippen MR) is 144 cm³/mol. The lowest BCUT2D eigenvalue weighted by molar-refractivity contribution is 0.0240. The van der Waals surface area contributed by atoms with Crippen molar-refractivity contribution in [1.82, 2.24) is 4.90 Å². The van der Waals surface area contributed by atoms with Gasteiger partial charge < -0.3 is 19.6 Å². The number of piperazine rings is 1. The molecule has 1 N–H and O–H groups in total. The molecule has 0 spiro atoms. The second-order valence-electron chi connectivity index (χ2n) is 11.0. The smallest absolute Gasteiger partial charge is 0.410 e. The van der Waals surface area contributed by atoms with Gasteiger partial charge >= 0.3 is 6.09 Å². The average molecular weight is 485 g/mol. The highest BCUT2D eigenvalue weighted by atomic mass is 16.6. The number of anilines is 1. The van der Waals surface area contributed by atoms with Crippen LogP contribution in [0, 0.1) is 0 Å². The van der Waals surface area contributed by atoms with Crippen LogP contribution in [0.5, 0.6) is 5.75 Å². The van der Waals surface area contributed by atoms with Gasteiger partial charge in [-0.15, -0.1) is 0 Å². The van der Waals surface area contributed by atoms with Crippen LogP contribution in [0.15, 0.2) is 72.8 Å². The first-order chi connectivity index (χ1) is 17.3. The molecular weight excluding hydrogens is 448 g/mol. The number of benzene rings is 3.